The molecule has 0 spiro atoms. The second-order valence-electron chi connectivity index (χ2n) is 5.17. The Morgan fingerprint density at radius 3 is 2.52 bits per heavy atom. The molecule has 0 aromatic carbocycles. The summed E-state index contributed by atoms with van der Waals surface area (Å²) < 4.78 is 0. The van der Waals surface area contributed by atoms with Gasteiger partial charge in [-0.2, -0.15) is 0 Å². The lowest BCUT2D eigenvalue weighted by atomic mass is 10.1. The maximum atomic E-state index is 11.7. The van der Waals surface area contributed by atoms with E-state index in [-0.39, 0.29) is 11.1 Å². The van der Waals surface area contributed by atoms with E-state index in [1.807, 2.05) is 0 Å². The predicted molar refractivity (Wildman–Crippen MR) is 89.3 cm³/mol. The average Bonchev–Trinajstić information content (AvgIpc) is 3.05. The first kappa shape index (κ1) is 16.4. The van der Waals surface area contributed by atoms with Crippen molar-refractivity contribution in [2.45, 2.75) is 58.3 Å². The zero-order valence-corrected chi connectivity index (χ0v) is 14.1. The molecule has 7 heteroatoms. The fourth-order valence-corrected chi connectivity index (χ4v) is 3.90. The Morgan fingerprint density at radius 2 is 1.86 bits per heavy atom. The lowest BCUT2D eigenvalue weighted by Crippen LogP contribution is -2.28. The third-order valence-corrected chi connectivity index (χ3v) is 5.24. The number of rotatable bonds is 9. The van der Waals surface area contributed by atoms with Crippen LogP contribution in [0, 0.1) is 5.41 Å². The third-order valence-electron chi connectivity index (χ3n) is 3.43. The van der Waals surface area contributed by atoms with E-state index in [0.717, 1.165) is 17.8 Å². The average molecular weight is 326 g/mol. The molecule has 5 nitrogen and oxygen atoms in total. The number of amides is 1. The maximum Gasteiger partial charge on any atom is 0.245 e. The molecule has 0 saturated carbocycles. The number of aryl methyl sites for hydroxylation is 1. The monoisotopic (exact) mass is 326 g/mol. The van der Waals surface area contributed by atoms with Crippen LogP contribution in [-0.4, -0.2) is 27.0 Å². The Bertz CT molecular complexity index is 473. The van der Waals surface area contributed by atoms with Gasteiger partial charge in [-0.25, -0.2) is 4.90 Å². The van der Waals surface area contributed by atoms with Crippen LogP contribution in [-0.2, 0) is 11.2 Å². The second-order valence-corrected chi connectivity index (χ2v) is 7.18. The number of carbonyl (C=O) groups excluding carboxylic acids is 1. The molecule has 1 N–H and O–H groups in total. The number of amidine groups is 1. The summed E-state index contributed by atoms with van der Waals surface area (Å²) in [5.41, 5.74) is 0. The molecule has 0 atom stereocenters. The van der Waals surface area contributed by atoms with Crippen molar-refractivity contribution in [2.24, 2.45) is 0 Å². The van der Waals surface area contributed by atoms with E-state index in [2.05, 4.69) is 17.1 Å². The Labute approximate surface area is 134 Å². The first-order valence-corrected chi connectivity index (χ1v) is 9.39. The van der Waals surface area contributed by atoms with Crippen LogP contribution in [0.3, 0.4) is 0 Å². The van der Waals surface area contributed by atoms with Crippen molar-refractivity contribution in [3.05, 3.63) is 5.01 Å². The highest BCUT2D eigenvalue weighted by Crippen LogP contribution is 2.28. The van der Waals surface area contributed by atoms with E-state index in [1.54, 1.807) is 0 Å². The number of nitrogens with zero attached hydrogens (tertiary/aromatic N) is 3. The fraction of sp³-hybridized carbons (Fsp3) is 0.714. The van der Waals surface area contributed by atoms with Gasteiger partial charge in [0.15, 0.2) is 5.17 Å². The summed E-state index contributed by atoms with van der Waals surface area (Å²) in [6.07, 6.45) is 9.87. The van der Waals surface area contributed by atoms with Crippen molar-refractivity contribution in [2.75, 3.05) is 10.7 Å². The molecule has 1 aromatic rings. The maximum absolute atomic E-state index is 11.7. The van der Waals surface area contributed by atoms with Crippen LogP contribution in [0.5, 0.6) is 0 Å². The van der Waals surface area contributed by atoms with Crippen LogP contribution in [0.25, 0.3) is 0 Å². The van der Waals surface area contributed by atoms with Gasteiger partial charge >= 0.3 is 0 Å². The molecule has 116 valence electrons. The molecule has 1 aliphatic heterocycles. The van der Waals surface area contributed by atoms with Crippen LogP contribution < -0.4 is 4.90 Å². The topological polar surface area (TPSA) is 69.9 Å². The molecule has 0 unspecified atom stereocenters. The van der Waals surface area contributed by atoms with Gasteiger partial charge in [0.1, 0.15) is 5.01 Å². The highest BCUT2D eigenvalue weighted by atomic mass is 32.2. The quantitative estimate of drug-likeness (QED) is 0.700. The molecule has 21 heavy (non-hydrogen) atoms. The number of aromatic nitrogens is 2. The van der Waals surface area contributed by atoms with E-state index >= 15 is 0 Å². The second kappa shape index (κ2) is 8.48. The highest BCUT2D eigenvalue weighted by Gasteiger charge is 2.31. The van der Waals surface area contributed by atoms with Crippen LogP contribution in [0.15, 0.2) is 0 Å². The Morgan fingerprint density at radius 1 is 1.14 bits per heavy atom. The number of nitrogens with one attached hydrogen (secondary N) is 1. The molecular formula is C14H22N4OS2. The van der Waals surface area contributed by atoms with Gasteiger partial charge in [-0.1, -0.05) is 68.5 Å². The van der Waals surface area contributed by atoms with Gasteiger partial charge in [-0.15, -0.1) is 10.2 Å². The lowest BCUT2D eigenvalue weighted by molar-refractivity contribution is -0.115. The molecule has 2 heterocycles. The van der Waals surface area contributed by atoms with Gasteiger partial charge in [0.2, 0.25) is 11.0 Å². The van der Waals surface area contributed by atoms with Crippen LogP contribution in [0.1, 0.15) is 56.9 Å². The summed E-state index contributed by atoms with van der Waals surface area (Å²) >= 11 is 2.69. The number of hydrogen-bond acceptors (Lipinski definition) is 6. The summed E-state index contributed by atoms with van der Waals surface area (Å²) in [4.78, 5) is 13.1. The number of carbonyl (C=O) groups is 1. The predicted octanol–water partition coefficient (Wildman–Crippen LogP) is 3.85. The molecule has 1 aliphatic rings. The SMILES string of the molecule is CCCCCCCCCc1nnc(N2C(=N)SCC2=O)s1. The number of hydrogen-bond donors (Lipinski definition) is 1. The number of thioether (sulfide) groups is 1. The summed E-state index contributed by atoms with van der Waals surface area (Å²) in [6, 6.07) is 0. The molecule has 0 bridgehead atoms. The van der Waals surface area contributed by atoms with E-state index in [9.17, 15) is 4.79 Å². The fourth-order valence-electron chi connectivity index (χ4n) is 2.24. The molecule has 1 amide bonds. The van der Waals surface area contributed by atoms with E-state index < -0.39 is 0 Å². The highest BCUT2D eigenvalue weighted by molar-refractivity contribution is 8.15. The van der Waals surface area contributed by atoms with Crippen molar-refractivity contribution >= 4 is 39.3 Å². The minimum absolute atomic E-state index is 0.0661. The van der Waals surface area contributed by atoms with Crippen molar-refractivity contribution in [3.8, 4) is 0 Å². The number of anilines is 1. The van der Waals surface area contributed by atoms with E-state index in [4.69, 9.17) is 5.41 Å². The van der Waals surface area contributed by atoms with E-state index in [1.165, 1.54) is 66.5 Å². The van der Waals surface area contributed by atoms with Crippen LogP contribution in [0.2, 0.25) is 0 Å². The summed E-state index contributed by atoms with van der Waals surface area (Å²) in [6.45, 7) is 2.23. The molecule has 2 rings (SSSR count). The van der Waals surface area contributed by atoms with Crippen molar-refractivity contribution < 1.29 is 4.79 Å². The first-order chi connectivity index (χ1) is 10.2. The Kier molecular flexibility index (Phi) is 6.63. The third kappa shape index (κ3) is 4.78. The Hall–Kier alpha value is -0.950. The standard InChI is InChI=1S/C14H22N4OS2/c1-2-3-4-5-6-7-8-9-11-16-17-14(21-11)18-12(19)10-20-13(18)15/h15H,2-10H2,1H3. The normalized spacial score (nSPS) is 15.2. The van der Waals surface area contributed by atoms with Gasteiger partial charge in [0.25, 0.3) is 0 Å². The van der Waals surface area contributed by atoms with Crippen LogP contribution in [0.4, 0.5) is 5.13 Å². The summed E-state index contributed by atoms with van der Waals surface area (Å²) in [7, 11) is 0. The summed E-state index contributed by atoms with van der Waals surface area (Å²) in [5.74, 6) is 0.273. The zero-order valence-electron chi connectivity index (χ0n) is 12.4. The first-order valence-electron chi connectivity index (χ1n) is 7.59. The van der Waals surface area contributed by atoms with Gasteiger partial charge in [0, 0.05) is 6.42 Å². The number of unbranched alkanes of at least 4 members (excludes halogenated alkanes) is 6. The molecule has 1 fully saturated rings. The van der Waals surface area contributed by atoms with Crippen molar-refractivity contribution in [3.63, 3.8) is 0 Å². The summed E-state index contributed by atoms with van der Waals surface area (Å²) in [5, 5.41) is 17.7. The minimum atomic E-state index is -0.0661. The lowest BCUT2D eigenvalue weighted by Gasteiger charge is -2.08. The molecule has 1 saturated heterocycles. The smallest absolute Gasteiger partial charge is 0.245 e. The largest absolute Gasteiger partial charge is 0.278 e. The van der Waals surface area contributed by atoms with Crippen LogP contribution >= 0.6 is 23.1 Å². The zero-order chi connectivity index (χ0) is 15.1. The van der Waals surface area contributed by atoms with E-state index in [0.29, 0.717) is 10.9 Å². The molecular weight excluding hydrogens is 304 g/mol. The Balaban J connectivity index is 1.71. The molecule has 0 aliphatic carbocycles. The van der Waals surface area contributed by atoms with Crippen molar-refractivity contribution in [1.29, 1.82) is 5.41 Å². The van der Waals surface area contributed by atoms with Gasteiger partial charge in [-0.3, -0.25) is 10.2 Å². The van der Waals surface area contributed by atoms with Gasteiger partial charge in [-0.05, 0) is 6.42 Å². The van der Waals surface area contributed by atoms with Crippen molar-refractivity contribution in [1.82, 2.24) is 10.2 Å². The molecule has 1 aromatic heterocycles. The molecule has 0 radical (unpaired) electrons. The van der Waals surface area contributed by atoms with Gasteiger partial charge in [0.05, 0.1) is 5.75 Å². The van der Waals surface area contributed by atoms with Gasteiger partial charge < -0.3 is 0 Å². The minimum Gasteiger partial charge on any atom is -0.278 e.